The van der Waals surface area contributed by atoms with Crippen LogP contribution in [0, 0.1) is 24.2 Å². The Labute approximate surface area is 305 Å². The molecule has 0 bridgehead atoms. The fraction of sp³-hybridized carbons (Fsp3) is 0.564. The van der Waals surface area contributed by atoms with E-state index in [4.69, 9.17) is 19.1 Å². The van der Waals surface area contributed by atoms with Crippen LogP contribution < -0.4 is 15.7 Å². The van der Waals surface area contributed by atoms with Gasteiger partial charge in [-0.2, -0.15) is 5.26 Å². The van der Waals surface area contributed by atoms with Crippen LogP contribution in [0.1, 0.15) is 90.1 Å². The lowest BCUT2D eigenvalue weighted by molar-refractivity contribution is 0.0575. The molecule has 1 aliphatic heterocycles. The molecule has 0 saturated heterocycles. The van der Waals surface area contributed by atoms with Crippen LogP contribution >= 0.6 is 7.14 Å². The van der Waals surface area contributed by atoms with Gasteiger partial charge in [-0.3, -0.25) is 4.90 Å². The number of pyridine rings is 1. The fourth-order valence-corrected chi connectivity index (χ4v) is 8.60. The molecule has 51 heavy (non-hydrogen) atoms. The molecular formula is C39H55N6O4PSi. The highest BCUT2D eigenvalue weighted by Crippen LogP contribution is 2.47. The van der Waals surface area contributed by atoms with Gasteiger partial charge in [0, 0.05) is 30.3 Å². The van der Waals surface area contributed by atoms with Crippen LogP contribution in [0.3, 0.4) is 0 Å². The molecule has 0 radical (unpaired) electrons. The molecule has 2 aromatic heterocycles. The normalized spacial score (nSPS) is 18.0. The molecule has 10 nitrogen and oxygen atoms in total. The first-order valence-corrected chi connectivity index (χ1v) is 23.4. The summed E-state index contributed by atoms with van der Waals surface area (Å²) in [5.41, 5.74) is 4.99. The Balaban J connectivity index is 1.55. The molecule has 3 aromatic rings. The minimum atomic E-state index is -2.57. The number of nitriles is 1. The predicted molar refractivity (Wildman–Crippen MR) is 209 cm³/mol. The Morgan fingerprint density at radius 3 is 2.41 bits per heavy atom. The van der Waals surface area contributed by atoms with Gasteiger partial charge in [-0.1, -0.05) is 40.5 Å². The maximum atomic E-state index is 13.6. The summed E-state index contributed by atoms with van der Waals surface area (Å²) in [6, 6.07) is 10.00. The molecule has 274 valence electrons. The van der Waals surface area contributed by atoms with Crippen molar-refractivity contribution in [2.45, 2.75) is 110 Å². The van der Waals surface area contributed by atoms with E-state index >= 15 is 0 Å². The molecule has 5 rings (SSSR count). The molecular weight excluding hydrogens is 676 g/mol. The van der Waals surface area contributed by atoms with E-state index in [0.717, 1.165) is 46.8 Å². The van der Waals surface area contributed by atoms with Crippen molar-refractivity contribution in [2.75, 3.05) is 36.7 Å². The van der Waals surface area contributed by atoms with Crippen LogP contribution in [0.2, 0.25) is 18.1 Å². The molecule has 1 saturated carbocycles. The first kappa shape index (κ1) is 38.6. The smallest absolute Gasteiger partial charge is 0.414 e. The predicted octanol–water partition coefficient (Wildman–Crippen LogP) is 9.09. The molecule has 12 heteroatoms. The molecule has 3 heterocycles. The number of fused-ring (bicyclic) bond motifs is 1. The summed E-state index contributed by atoms with van der Waals surface area (Å²) in [6.45, 7) is 24.8. The van der Waals surface area contributed by atoms with Crippen LogP contribution in [-0.4, -0.2) is 61.4 Å². The lowest BCUT2D eigenvalue weighted by atomic mass is 9.83. The van der Waals surface area contributed by atoms with Crippen molar-refractivity contribution in [2.24, 2.45) is 5.92 Å². The number of nitrogens with zero attached hydrogens (tertiary/aromatic N) is 5. The molecule has 0 unspecified atom stereocenters. The third-order valence-corrected chi connectivity index (χ3v) is 16.2. The highest BCUT2D eigenvalue weighted by atomic mass is 31.2. The van der Waals surface area contributed by atoms with E-state index in [1.165, 1.54) is 12.8 Å². The molecule has 1 N–H and O–H groups in total. The van der Waals surface area contributed by atoms with Crippen LogP contribution in [0.15, 0.2) is 30.5 Å². The van der Waals surface area contributed by atoms with Crippen LogP contribution in [0.5, 0.6) is 0 Å². The van der Waals surface area contributed by atoms with Gasteiger partial charge in [0.15, 0.2) is 8.32 Å². The SMILES string of the molecule is Cc1cc(Nc2nccc(-c3cc(C#N)c4c(c3)[C@@](C)(CO[Si](C)(C)C(C)(C)C)CN4C(=O)OC(C)(C)C)n2)c(CCC2CC2)nc1P(C)(C)=O. The van der Waals surface area contributed by atoms with Gasteiger partial charge in [-0.25, -0.2) is 19.7 Å². The lowest BCUT2D eigenvalue weighted by Crippen LogP contribution is -2.46. The van der Waals surface area contributed by atoms with Crippen LogP contribution in [0.25, 0.3) is 11.3 Å². The van der Waals surface area contributed by atoms with Crippen molar-refractivity contribution < 1.29 is 18.5 Å². The van der Waals surface area contributed by atoms with Gasteiger partial charge in [0.2, 0.25) is 5.95 Å². The summed E-state index contributed by atoms with van der Waals surface area (Å²) < 4.78 is 25.7. The second-order valence-corrected chi connectivity index (χ2v) is 25.5. The molecule has 1 aliphatic carbocycles. The number of aryl methyl sites for hydroxylation is 2. The Hall–Kier alpha value is -3.58. The monoisotopic (exact) mass is 730 g/mol. The highest BCUT2D eigenvalue weighted by Gasteiger charge is 2.47. The van der Waals surface area contributed by atoms with Gasteiger partial charge < -0.3 is 19.0 Å². The zero-order valence-electron chi connectivity index (χ0n) is 32.5. The van der Waals surface area contributed by atoms with Gasteiger partial charge in [0.05, 0.1) is 28.3 Å². The fourth-order valence-electron chi connectivity index (χ4n) is 6.22. The van der Waals surface area contributed by atoms with E-state index in [9.17, 15) is 14.6 Å². The van der Waals surface area contributed by atoms with Crippen molar-refractivity contribution in [3.05, 3.63) is 52.8 Å². The number of rotatable bonds is 10. The molecule has 1 atom stereocenters. The second-order valence-electron chi connectivity index (χ2n) is 17.6. The third kappa shape index (κ3) is 8.73. The van der Waals surface area contributed by atoms with Crippen LogP contribution in [-0.2, 0) is 25.6 Å². The number of hydrogen-bond acceptors (Lipinski definition) is 9. The second kappa shape index (κ2) is 13.8. The van der Waals surface area contributed by atoms with Gasteiger partial charge >= 0.3 is 6.09 Å². The topological polar surface area (TPSA) is 130 Å². The Morgan fingerprint density at radius 2 is 1.82 bits per heavy atom. The van der Waals surface area contributed by atoms with E-state index in [1.54, 1.807) is 30.5 Å². The minimum absolute atomic E-state index is 0.00144. The molecule has 2 aliphatic rings. The molecule has 0 spiro atoms. The minimum Gasteiger partial charge on any atom is -0.443 e. The van der Waals surface area contributed by atoms with Crippen molar-refractivity contribution in [1.82, 2.24) is 15.0 Å². The number of anilines is 3. The summed E-state index contributed by atoms with van der Waals surface area (Å²) in [7, 11) is -4.72. The zero-order chi connectivity index (χ0) is 37.7. The van der Waals surface area contributed by atoms with Gasteiger partial charge in [0.25, 0.3) is 0 Å². The first-order chi connectivity index (χ1) is 23.5. The number of hydrogen-bond donors (Lipinski definition) is 1. The number of carbonyl (C=O) groups excluding carboxylic acids is 1. The van der Waals surface area contributed by atoms with Gasteiger partial charge in [0.1, 0.15) is 24.2 Å². The number of carbonyl (C=O) groups is 1. The largest absolute Gasteiger partial charge is 0.443 e. The van der Waals surface area contributed by atoms with E-state index in [-0.39, 0.29) is 5.04 Å². The summed E-state index contributed by atoms with van der Waals surface area (Å²) >= 11 is 0. The quantitative estimate of drug-likeness (QED) is 0.160. The third-order valence-electron chi connectivity index (χ3n) is 10.3. The summed E-state index contributed by atoms with van der Waals surface area (Å²) in [5.74, 6) is 1.11. The number of aromatic nitrogens is 3. The van der Waals surface area contributed by atoms with E-state index in [0.29, 0.717) is 41.5 Å². The lowest BCUT2D eigenvalue weighted by Gasteiger charge is -2.39. The average molecular weight is 731 g/mol. The van der Waals surface area contributed by atoms with Crippen molar-refractivity contribution in [1.29, 1.82) is 5.26 Å². The molecule has 1 aromatic carbocycles. The van der Waals surface area contributed by atoms with Gasteiger partial charge in [-0.15, -0.1) is 0 Å². The Bertz CT molecular complexity index is 1920. The average Bonchev–Trinajstić information content (AvgIpc) is 3.79. The number of benzene rings is 1. The Morgan fingerprint density at radius 1 is 1.14 bits per heavy atom. The standard InChI is InChI=1S/C39H55N6O4PSi/c1-25-19-32(31(16-15-26-13-14-26)42-34(25)50(9,10)47)44-35-41-18-17-30(43-35)27-20-28(22-40)33-29(21-27)39(8,24-48-51(11,12)38(5,6)7)23-45(33)36(46)49-37(2,3)4/h17-21,26H,13-16,23-24H2,1-12H3,(H,41,43,44)/t39-/m1/s1. The van der Waals surface area contributed by atoms with E-state index < -0.39 is 32.6 Å². The summed E-state index contributed by atoms with van der Waals surface area (Å²) in [4.78, 5) is 29.6. The van der Waals surface area contributed by atoms with E-state index in [1.807, 2.05) is 45.9 Å². The van der Waals surface area contributed by atoms with E-state index in [2.05, 4.69) is 57.2 Å². The van der Waals surface area contributed by atoms with Crippen molar-refractivity contribution in [3.63, 3.8) is 0 Å². The first-order valence-electron chi connectivity index (χ1n) is 17.9. The maximum absolute atomic E-state index is 13.6. The molecule has 1 amide bonds. The number of nitrogens with one attached hydrogen (secondary N) is 1. The summed E-state index contributed by atoms with van der Waals surface area (Å²) in [6.07, 6.45) is 5.51. The number of amides is 1. The van der Waals surface area contributed by atoms with Crippen molar-refractivity contribution >= 4 is 44.3 Å². The van der Waals surface area contributed by atoms with Crippen molar-refractivity contribution in [3.8, 4) is 17.3 Å². The number of ether oxygens (including phenoxy) is 1. The molecule has 1 fully saturated rings. The van der Waals surface area contributed by atoms with Crippen LogP contribution in [0.4, 0.5) is 22.1 Å². The zero-order valence-corrected chi connectivity index (χ0v) is 34.4. The maximum Gasteiger partial charge on any atom is 0.414 e. The highest BCUT2D eigenvalue weighted by molar-refractivity contribution is 7.70. The Kier molecular flexibility index (Phi) is 10.4. The van der Waals surface area contributed by atoms with Gasteiger partial charge in [-0.05, 0) is 113 Å². The summed E-state index contributed by atoms with van der Waals surface area (Å²) in [5, 5.41) is 13.9.